The molecule has 0 saturated heterocycles. The van der Waals surface area contributed by atoms with Crippen molar-refractivity contribution in [3.8, 4) is 0 Å². The van der Waals surface area contributed by atoms with Crippen LogP contribution < -0.4 is 5.73 Å². The first-order chi connectivity index (χ1) is 8.11. The third kappa shape index (κ3) is 2.63. The smallest absolute Gasteiger partial charge is 0.225 e. The van der Waals surface area contributed by atoms with Crippen molar-refractivity contribution in [1.82, 2.24) is 5.16 Å². The van der Waals surface area contributed by atoms with Gasteiger partial charge in [-0.1, -0.05) is 19.0 Å². The lowest BCUT2D eigenvalue weighted by atomic mass is 9.78. The predicted octanol–water partition coefficient (Wildman–Crippen LogP) is 2.74. The normalized spacial score (nSPS) is 24.0. The molecule has 0 aromatic carbocycles. The molecule has 0 unspecified atom stereocenters. The highest BCUT2D eigenvalue weighted by molar-refractivity contribution is 5.41. The SMILES string of the molecule is CCOC1CC(Cc2noc(N)c2C(C)C)C1. The molecule has 4 nitrogen and oxygen atoms in total. The number of nitrogens with zero attached hydrogens (tertiary/aromatic N) is 1. The molecule has 1 saturated carbocycles. The van der Waals surface area contributed by atoms with Gasteiger partial charge in [-0.15, -0.1) is 0 Å². The molecule has 1 aliphatic carbocycles. The summed E-state index contributed by atoms with van der Waals surface area (Å²) < 4.78 is 10.7. The van der Waals surface area contributed by atoms with Gasteiger partial charge in [-0.2, -0.15) is 0 Å². The molecule has 1 aromatic heterocycles. The van der Waals surface area contributed by atoms with E-state index in [0.29, 0.717) is 23.8 Å². The zero-order chi connectivity index (χ0) is 12.4. The van der Waals surface area contributed by atoms with E-state index in [1.165, 1.54) is 0 Å². The first kappa shape index (κ1) is 12.4. The quantitative estimate of drug-likeness (QED) is 0.856. The lowest BCUT2D eigenvalue weighted by Gasteiger charge is -2.34. The maximum atomic E-state index is 5.80. The van der Waals surface area contributed by atoms with E-state index >= 15 is 0 Å². The van der Waals surface area contributed by atoms with E-state index in [1.807, 2.05) is 6.92 Å². The first-order valence-electron chi connectivity index (χ1n) is 6.47. The van der Waals surface area contributed by atoms with E-state index < -0.39 is 0 Å². The Balaban J connectivity index is 1.92. The van der Waals surface area contributed by atoms with Crippen LogP contribution in [0.2, 0.25) is 0 Å². The Hall–Kier alpha value is -1.03. The van der Waals surface area contributed by atoms with Crippen molar-refractivity contribution in [1.29, 1.82) is 0 Å². The number of rotatable bonds is 5. The summed E-state index contributed by atoms with van der Waals surface area (Å²) in [5.41, 5.74) is 7.93. The summed E-state index contributed by atoms with van der Waals surface area (Å²) in [4.78, 5) is 0. The van der Waals surface area contributed by atoms with E-state index in [4.69, 9.17) is 15.0 Å². The standard InChI is InChI=1S/C13H22N2O2/c1-4-16-10-5-9(6-10)7-11-12(8(2)3)13(14)17-15-11/h8-10H,4-7,14H2,1-3H3. The Labute approximate surface area is 102 Å². The number of hydrogen-bond acceptors (Lipinski definition) is 4. The van der Waals surface area contributed by atoms with Gasteiger partial charge in [-0.3, -0.25) is 0 Å². The molecular formula is C13H22N2O2. The van der Waals surface area contributed by atoms with Gasteiger partial charge in [0.15, 0.2) is 0 Å². The van der Waals surface area contributed by atoms with Crippen molar-refractivity contribution in [2.75, 3.05) is 12.3 Å². The van der Waals surface area contributed by atoms with Crippen LogP contribution in [0, 0.1) is 5.92 Å². The highest BCUT2D eigenvalue weighted by Gasteiger charge is 2.31. The molecule has 1 heterocycles. The van der Waals surface area contributed by atoms with Crippen molar-refractivity contribution in [3.05, 3.63) is 11.3 Å². The minimum atomic E-state index is 0.374. The fraction of sp³-hybridized carbons (Fsp3) is 0.769. The maximum absolute atomic E-state index is 5.80. The van der Waals surface area contributed by atoms with E-state index in [-0.39, 0.29) is 0 Å². The summed E-state index contributed by atoms with van der Waals surface area (Å²) in [7, 11) is 0. The largest absolute Gasteiger partial charge is 0.378 e. The van der Waals surface area contributed by atoms with Gasteiger partial charge in [-0.25, -0.2) is 0 Å². The van der Waals surface area contributed by atoms with E-state index in [9.17, 15) is 0 Å². The number of ether oxygens (including phenoxy) is 1. The van der Waals surface area contributed by atoms with Gasteiger partial charge in [0.25, 0.3) is 0 Å². The lowest BCUT2D eigenvalue weighted by Crippen LogP contribution is -2.32. The third-order valence-electron chi connectivity index (χ3n) is 3.48. The maximum Gasteiger partial charge on any atom is 0.225 e. The Bertz CT molecular complexity index is 367. The molecule has 2 rings (SSSR count). The Morgan fingerprint density at radius 2 is 2.18 bits per heavy atom. The molecule has 1 fully saturated rings. The molecule has 0 bridgehead atoms. The van der Waals surface area contributed by atoms with E-state index in [0.717, 1.165) is 37.1 Å². The fourth-order valence-electron chi connectivity index (χ4n) is 2.60. The minimum Gasteiger partial charge on any atom is -0.378 e. The minimum absolute atomic E-state index is 0.374. The van der Waals surface area contributed by atoms with E-state index in [1.54, 1.807) is 0 Å². The van der Waals surface area contributed by atoms with Gasteiger partial charge >= 0.3 is 0 Å². The molecule has 1 aromatic rings. The number of nitrogen functional groups attached to an aromatic ring is 1. The summed E-state index contributed by atoms with van der Waals surface area (Å²) in [5, 5.41) is 4.09. The summed E-state index contributed by atoms with van der Waals surface area (Å²) in [6.07, 6.45) is 3.70. The predicted molar refractivity (Wildman–Crippen MR) is 66.8 cm³/mol. The van der Waals surface area contributed by atoms with E-state index in [2.05, 4.69) is 19.0 Å². The average molecular weight is 238 g/mol. The second-order valence-electron chi connectivity index (χ2n) is 5.18. The monoisotopic (exact) mass is 238 g/mol. The van der Waals surface area contributed by atoms with Crippen LogP contribution >= 0.6 is 0 Å². The molecule has 1 aliphatic rings. The zero-order valence-corrected chi connectivity index (χ0v) is 10.9. The molecule has 2 N–H and O–H groups in total. The van der Waals surface area contributed by atoms with Crippen LogP contribution in [0.3, 0.4) is 0 Å². The van der Waals surface area contributed by atoms with Crippen LogP contribution in [0.4, 0.5) is 5.88 Å². The molecule has 0 spiro atoms. The van der Waals surface area contributed by atoms with Gasteiger partial charge in [0.05, 0.1) is 11.8 Å². The van der Waals surface area contributed by atoms with Gasteiger partial charge in [0.1, 0.15) is 0 Å². The molecule has 0 atom stereocenters. The van der Waals surface area contributed by atoms with Crippen molar-refractivity contribution < 1.29 is 9.26 Å². The fourth-order valence-corrected chi connectivity index (χ4v) is 2.60. The van der Waals surface area contributed by atoms with Gasteiger partial charge < -0.3 is 15.0 Å². The molecule has 0 amide bonds. The van der Waals surface area contributed by atoms with Crippen LogP contribution in [-0.2, 0) is 11.2 Å². The van der Waals surface area contributed by atoms with Crippen molar-refractivity contribution in [2.24, 2.45) is 5.92 Å². The Morgan fingerprint density at radius 1 is 1.47 bits per heavy atom. The summed E-state index contributed by atoms with van der Waals surface area (Å²) in [6, 6.07) is 0. The van der Waals surface area contributed by atoms with Crippen LogP contribution in [0.15, 0.2) is 4.52 Å². The molecule has 4 heteroatoms. The van der Waals surface area contributed by atoms with Gasteiger partial charge in [-0.05, 0) is 38.0 Å². The Kier molecular flexibility index (Phi) is 3.72. The Morgan fingerprint density at radius 3 is 2.76 bits per heavy atom. The number of hydrogen-bond donors (Lipinski definition) is 1. The van der Waals surface area contributed by atoms with Crippen LogP contribution in [0.5, 0.6) is 0 Å². The van der Waals surface area contributed by atoms with Gasteiger partial charge in [0, 0.05) is 12.2 Å². The second kappa shape index (κ2) is 5.08. The number of anilines is 1. The van der Waals surface area contributed by atoms with Crippen molar-refractivity contribution >= 4 is 5.88 Å². The second-order valence-corrected chi connectivity index (χ2v) is 5.18. The first-order valence-corrected chi connectivity index (χ1v) is 6.47. The zero-order valence-electron chi connectivity index (χ0n) is 10.9. The summed E-state index contributed by atoms with van der Waals surface area (Å²) in [5.74, 6) is 1.53. The van der Waals surface area contributed by atoms with Crippen LogP contribution in [0.25, 0.3) is 0 Å². The third-order valence-corrected chi connectivity index (χ3v) is 3.48. The number of nitrogens with two attached hydrogens (primary N) is 1. The highest BCUT2D eigenvalue weighted by Crippen LogP contribution is 2.35. The lowest BCUT2D eigenvalue weighted by molar-refractivity contribution is -0.0244. The topological polar surface area (TPSA) is 61.3 Å². The van der Waals surface area contributed by atoms with Crippen LogP contribution in [-0.4, -0.2) is 17.9 Å². The molecule has 0 radical (unpaired) electrons. The van der Waals surface area contributed by atoms with Crippen molar-refractivity contribution in [2.45, 2.75) is 52.1 Å². The van der Waals surface area contributed by atoms with Crippen LogP contribution in [0.1, 0.15) is 50.8 Å². The molecule has 17 heavy (non-hydrogen) atoms. The molecule has 96 valence electrons. The van der Waals surface area contributed by atoms with Crippen molar-refractivity contribution in [3.63, 3.8) is 0 Å². The molecular weight excluding hydrogens is 216 g/mol. The van der Waals surface area contributed by atoms with Gasteiger partial charge in [0.2, 0.25) is 5.88 Å². The average Bonchev–Trinajstić information content (AvgIpc) is 2.56. The summed E-state index contributed by atoms with van der Waals surface area (Å²) in [6.45, 7) is 7.10. The summed E-state index contributed by atoms with van der Waals surface area (Å²) >= 11 is 0. The number of aromatic nitrogens is 1. The molecule has 0 aliphatic heterocycles. The highest BCUT2D eigenvalue weighted by atomic mass is 16.5.